The highest BCUT2D eigenvalue weighted by Crippen LogP contribution is 2.34. The zero-order valence-corrected chi connectivity index (χ0v) is 16.7. The van der Waals surface area contributed by atoms with E-state index in [0.717, 1.165) is 29.7 Å². The summed E-state index contributed by atoms with van der Waals surface area (Å²) in [6.45, 7) is 0.993. The smallest absolute Gasteiger partial charge is 0.230 e. The molecule has 0 aliphatic carbocycles. The van der Waals surface area contributed by atoms with Crippen LogP contribution in [-0.4, -0.2) is 27.7 Å². The van der Waals surface area contributed by atoms with Gasteiger partial charge in [-0.05, 0) is 42.7 Å². The van der Waals surface area contributed by atoms with E-state index in [0.29, 0.717) is 24.8 Å². The number of amides is 1. The van der Waals surface area contributed by atoms with Crippen LogP contribution in [0, 0.1) is 5.92 Å². The molecule has 4 rings (SSSR count). The molecule has 2 heterocycles. The number of carbonyl (C=O) groups is 1. The van der Waals surface area contributed by atoms with Crippen LogP contribution in [0.15, 0.2) is 54.6 Å². The van der Waals surface area contributed by atoms with Gasteiger partial charge in [0.05, 0.1) is 18.6 Å². The van der Waals surface area contributed by atoms with Crippen molar-refractivity contribution in [3.63, 3.8) is 0 Å². The lowest BCUT2D eigenvalue weighted by Crippen LogP contribution is -2.33. The number of halogens is 1. The van der Waals surface area contributed by atoms with E-state index in [1.54, 1.807) is 0 Å². The topological polar surface area (TPSA) is 106 Å². The maximum absolute atomic E-state index is 12.9. The second-order valence-electron chi connectivity index (χ2n) is 6.83. The van der Waals surface area contributed by atoms with Crippen LogP contribution in [0.1, 0.15) is 30.3 Å². The molecule has 7 nitrogen and oxygen atoms in total. The van der Waals surface area contributed by atoms with Crippen LogP contribution in [0.5, 0.6) is 0 Å². The van der Waals surface area contributed by atoms with Crippen LogP contribution in [0.25, 0.3) is 11.4 Å². The summed E-state index contributed by atoms with van der Waals surface area (Å²) in [6, 6.07) is 17.4. The van der Waals surface area contributed by atoms with E-state index in [-0.39, 0.29) is 30.3 Å². The molecule has 1 saturated heterocycles. The molecule has 0 bridgehead atoms. The van der Waals surface area contributed by atoms with Gasteiger partial charge < -0.3 is 15.8 Å². The minimum absolute atomic E-state index is 0. The lowest BCUT2D eigenvalue weighted by atomic mass is 9.88. The predicted octanol–water partition coefficient (Wildman–Crippen LogP) is 3.46. The molecule has 1 aliphatic rings. The molecule has 29 heavy (non-hydrogen) atoms. The second-order valence-corrected chi connectivity index (χ2v) is 6.83. The minimum Gasteiger partial charge on any atom is -0.373 e. The van der Waals surface area contributed by atoms with Gasteiger partial charge in [0, 0.05) is 17.9 Å². The van der Waals surface area contributed by atoms with E-state index in [4.69, 9.17) is 10.5 Å². The molecule has 1 amide bonds. The van der Waals surface area contributed by atoms with E-state index in [1.807, 2.05) is 54.6 Å². The van der Waals surface area contributed by atoms with E-state index < -0.39 is 0 Å². The van der Waals surface area contributed by atoms with Crippen LogP contribution in [-0.2, 0) is 16.1 Å². The number of rotatable bonds is 5. The third-order valence-corrected chi connectivity index (χ3v) is 4.92. The van der Waals surface area contributed by atoms with Gasteiger partial charge in [0.25, 0.3) is 0 Å². The molecule has 3 aromatic rings. The predicted molar refractivity (Wildman–Crippen MR) is 113 cm³/mol. The highest BCUT2D eigenvalue weighted by Gasteiger charge is 2.33. The number of hydrogen-bond donors (Lipinski definition) is 3. The molecular formula is C21H24ClN5O2. The van der Waals surface area contributed by atoms with Crippen LogP contribution in [0.4, 0.5) is 5.69 Å². The maximum Gasteiger partial charge on any atom is 0.230 e. The summed E-state index contributed by atoms with van der Waals surface area (Å²) in [5.74, 6) is 0.986. The molecule has 2 aromatic carbocycles. The zero-order valence-electron chi connectivity index (χ0n) is 15.9. The van der Waals surface area contributed by atoms with Crippen molar-refractivity contribution in [3.8, 4) is 11.4 Å². The Hall–Kier alpha value is -2.74. The lowest BCUT2D eigenvalue weighted by Gasteiger charge is -2.31. The standard InChI is InChI=1S/C21H23N5O2.ClH/c22-13-18-24-20(26-25-18)15-8-10-16(11-9-15)23-21(27)17-7-4-12-28-19(17)14-5-2-1-3-6-14;/h1-3,5-6,8-11,17,19H,4,7,12-13,22H2,(H,23,27)(H,24,25,26);1H. The maximum atomic E-state index is 12.9. The number of hydrogen-bond acceptors (Lipinski definition) is 5. The Labute approximate surface area is 175 Å². The highest BCUT2D eigenvalue weighted by molar-refractivity contribution is 5.93. The summed E-state index contributed by atoms with van der Waals surface area (Å²) in [5.41, 5.74) is 8.19. The second kappa shape index (κ2) is 9.65. The minimum atomic E-state index is -0.212. The van der Waals surface area contributed by atoms with Gasteiger partial charge in [0.2, 0.25) is 5.91 Å². The Morgan fingerprint density at radius 3 is 2.62 bits per heavy atom. The molecular weight excluding hydrogens is 390 g/mol. The van der Waals surface area contributed by atoms with Crippen LogP contribution >= 0.6 is 12.4 Å². The average Bonchev–Trinajstić information content (AvgIpc) is 3.24. The molecule has 4 N–H and O–H groups in total. The molecule has 1 aliphatic heterocycles. The van der Waals surface area contributed by atoms with Crippen molar-refractivity contribution in [2.24, 2.45) is 11.7 Å². The summed E-state index contributed by atoms with van der Waals surface area (Å²) in [6.07, 6.45) is 1.48. The van der Waals surface area contributed by atoms with Gasteiger partial charge in [-0.25, -0.2) is 4.98 Å². The number of carbonyl (C=O) groups excluding carboxylic acids is 1. The summed E-state index contributed by atoms with van der Waals surface area (Å²) in [7, 11) is 0. The average molecular weight is 414 g/mol. The van der Waals surface area contributed by atoms with Gasteiger partial charge >= 0.3 is 0 Å². The molecule has 152 valence electrons. The summed E-state index contributed by atoms with van der Waals surface area (Å²) in [5, 5.41) is 9.96. The fourth-order valence-corrected chi connectivity index (χ4v) is 3.47. The van der Waals surface area contributed by atoms with Gasteiger partial charge in [-0.2, -0.15) is 5.10 Å². The normalized spacial score (nSPS) is 18.7. The number of aromatic nitrogens is 3. The van der Waals surface area contributed by atoms with Crippen LogP contribution in [0.2, 0.25) is 0 Å². The number of H-pyrrole nitrogens is 1. The third-order valence-electron chi connectivity index (χ3n) is 4.92. The van der Waals surface area contributed by atoms with Crippen molar-refractivity contribution in [2.75, 3.05) is 11.9 Å². The van der Waals surface area contributed by atoms with Crippen molar-refractivity contribution in [2.45, 2.75) is 25.5 Å². The summed E-state index contributed by atoms with van der Waals surface area (Å²) in [4.78, 5) is 17.2. The highest BCUT2D eigenvalue weighted by atomic mass is 35.5. The quantitative estimate of drug-likeness (QED) is 0.594. The van der Waals surface area contributed by atoms with E-state index >= 15 is 0 Å². The molecule has 2 unspecified atom stereocenters. The first-order valence-electron chi connectivity index (χ1n) is 9.44. The number of nitrogens with one attached hydrogen (secondary N) is 2. The first-order valence-corrected chi connectivity index (χ1v) is 9.44. The first kappa shape index (κ1) is 21.0. The summed E-state index contributed by atoms with van der Waals surface area (Å²) >= 11 is 0. The first-order chi connectivity index (χ1) is 13.7. The molecule has 1 fully saturated rings. The molecule has 1 aromatic heterocycles. The van der Waals surface area contributed by atoms with Crippen molar-refractivity contribution in [3.05, 3.63) is 66.0 Å². The Morgan fingerprint density at radius 2 is 1.93 bits per heavy atom. The molecule has 2 atom stereocenters. The summed E-state index contributed by atoms with van der Waals surface area (Å²) < 4.78 is 5.93. The Kier molecular flexibility index (Phi) is 6.98. The van der Waals surface area contributed by atoms with Gasteiger partial charge in [0.15, 0.2) is 5.82 Å². The van der Waals surface area contributed by atoms with Crippen LogP contribution in [0.3, 0.4) is 0 Å². The lowest BCUT2D eigenvalue weighted by molar-refractivity contribution is -0.129. The monoisotopic (exact) mass is 413 g/mol. The van der Waals surface area contributed by atoms with E-state index in [9.17, 15) is 4.79 Å². The van der Waals surface area contributed by atoms with Crippen LogP contribution < -0.4 is 11.1 Å². The SMILES string of the molecule is Cl.NCc1nc(-c2ccc(NC(=O)C3CCCOC3c3ccccc3)cc2)n[nH]1. The van der Waals surface area contributed by atoms with Crippen molar-refractivity contribution >= 4 is 24.0 Å². The Morgan fingerprint density at radius 1 is 1.17 bits per heavy atom. The van der Waals surface area contributed by atoms with Crippen molar-refractivity contribution < 1.29 is 9.53 Å². The number of benzene rings is 2. The Bertz CT molecular complexity index is 930. The van der Waals surface area contributed by atoms with Gasteiger partial charge in [0.1, 0.15) is 5.82 Å². The largest absolute Gasteiger partial charge is 0.373 e. The van der Waals surface area contributed by atoms with Crippen molar-refractivity contribution in [1.29, 1.82) is 0 Å². The molecule has 8 heteroatoms. The van der Waals surface area contributed by atoms with E-state index in [1.165, 1.54) is 0 Å². The number of aromatic amines is 1. The van der Waals surface area contributed by atoms with Gasteiger partial charge in [-0.3, -0.25) is 9.89 Å². The van der Waals surface area contributed by atoms with Gasteiger partial charge in [-0.15, -0.1) is 12.4 Å². The molecule has 0 radical (unpaired) electrons. The Balaban J connectivity index is 0.00000240. The third kappa shape index (κ3) is 4.82. The van der Waals surface area contributed by atoms with Gasteiger partial charge in [-0.1, -0.05) is 30.3 Å². The number of nitrogens with zero attached hydrogens (tertiary/aromatic N) is 2. The van der Waals surface area contributed by atoms with Crippen molar-refractivity contribution in [1.82, 2.24) is 15.2 Å². The fraction of sp³-hybridized carbons (Fsp3) is 0.286. The molecule has 0 saturated carbocycles. The zero-order chi connectivity index (χ0) is 19.3. The fourth-order valence-electron chi connectivity index (χ4n) is 3.47. The number of anilines is 1. The molecule has 0 spiro atoms. The number of ether oxygens (including phenoxy) is 1. The number of nitrogens with two attached hydrogens (primary N) is 1. The van der Waals surface area contributed by atoms with E-state index in [2.05, 4.69) is 20.5 Å².